The number of hydrogen-bond acceptors (Lipinski definition) is 2. The van der Waals surface area contributed by atoms with Crippen molar-refractivity contribution in [2.24, 2.45) is 0 Å². The van der Waals surface area contributed by atoms with Crippen LogP contribution in [0.5, 0.6) is 0 Å². The zero-order chi connectivity index (χ0) is 7.23. The fourth-order valence-electron chi connectivity index (χ4n) is 0.973. The molecule has 0 aromatic carbocycles. The number of hydrogen-bond donors (Lipinski definition) is 0. The summed E-state index contributed by atoms with van der Waals surface area (Å²) in [6.45, 7) is 4.72. The third-order valence-electron chi connectivity index (χ3n) is 1.56. The number of rotatable bonds is 2. The maximum atomic E-state index is 5.38. The van der Waals surface area contributed by atoms with E-state index in [1.54, 1.807) is 5.54 Å². The first-order valence-electron chi connectivity index (χ1n) is 3.49. The fraction of sp³-hybridized carbons (Fsp3) is 0.714. The van der Waals surface area contributed by atoms with E-state index in [9.17, 15) is 0 Å². The molecule has 1 saturated heterocycles. The first kappa shape index (κ1) is 8.05. The lowest BCUT2D eigenvalue weighted by molar-refractivity contribution is 0.0434. The summed E-state index contributed by atoms with van der Waals surface area (Å²) in [4.78, 5) is 2.31. The quantitative estimate of drug-likeness (QED) is 0.601. The third kappa shape index (κ3) is 2.69. The van der Waals surface area contributed by atoms with Gasteiger partial charge < -0.3 is 4.74 Å². The van der Waals surface area contributed by atoms with Crippen LogP contribution in [-0.2, 0) is 4.74 Å². The maximum Gasteiger partial charge on any atom is 0.0594 e. The predicted octanol–water partition coefficient (Wildman–Crippen LogP) is 1.07. The van der Waals surface area contributed by atoms with Gasteiger partial charge in [0.15, 0.2) is 0 Å². The lowest BCUT2D eigenvalue weighted by Crippen LogP contribution is -2.36. The van der Waals surface area contributed by atoms with Gasteiger partial charge in [0.05, 0.1) is 13.2 Å². The summed E-state index contributed by atoms with van der Waals surface area (Å²) in [7, 11) is 0. The Bertz CT molecular complexity index is 110. The monoisotopic (exact) mass is 161 g/mol. The van der Waals surface area contributed by atoms with Crippen LogP contribution in [0.25, 0.3) is 0 Å². The highest BCUT2D eigenvalue weighted by atomic mass is 35.5. The number of morpholine rings is 1. The van der Waals surface area contributed by atoms with Crippen LogP contribution in [0.3, 0.4) is 0 Å². The average Bonchev–Trinajstić information content (AvgIpc) is 2.03. The van der Waals surface area contributed by atoms with E-state index in [0.29, 0.717) is 0 Å². The third-order valence-corrected chi connectivity index (χ3v) is 1.73. The van der Waals surface area contributed by atoms with Gasteiger partial charge >= 0.3 is 0 Å². The molecule has 1 fully saturated rings. The van der Waals surface area contributed by atoms with E-state index in [0.717, 1.165) is 32.8 Å². The molecular weight excluding hydrogens is 150 g/mol. The smallest absolute Gasteiger partial charge is 0.0594 e. The second-order valence-electron chi connectivity index (χ2n) is 2.27. The molecule has 0 unspecified atom stereocenters. The van der Waals surface area contributed by atoms with Crippen LogP contribution in [0, 0.1) is 0 Å². The molecule has 58 valence electrons. The number of nitrogens with zero attached hydrogens (tertiary/aromatic N) is 1. The van der Waals surface area contributed by atoms with E-state index < -0.39 is 0 Å². The molecule has 1 heterocycles. The van der Waals surface area contributed by atoms with Crippen molar-refractivity contribution in [3.05, 3.63) is 11.6 Å². The summed E-state index contributed by atoms with van der Waals surface area (Å²) < 4.78 is 5.18. The molecule has 3 heteroatoms. The molecule has 0 atom stereocenters. The van der Waals surface area contributed by atoms with Gasteiger partial charge in [-0.2, -0.15) is 0 Å². The van der Waals surface area contributed by atoms with Crippen LogP contribution in [-0.4, -0.2) is 37.7 Å². The van der Waals surface area contributed by atoms with Gasteiger partial charge in [-0.3, -0.25) is 4.90 Å². The molecule has 0 aromatic rings. The Morgan fingerprint density at radius 2 is 2.10 bits per heavy atom. The second-order valence-corrected chi connectivity index (χ2v) is 2.53. The molecule has 2 nitrogen and oxygen atoms in total. The van der Waals surface area contributed by atoms with Crippen LogP contribution in [0.15, 0.2) is 11.6 Å². The van der Waals surface area contributed by atoms with Gasteiger partial charge in [0.25, 0.3) is 0 Å². The van der Waals surface area contributed by atoms with Crippen molar-refractivity contribution in [3.8, 4) is 0 Å². The Morgan fingerprint density at radius 1 is 1.40 bits per heavy atom. The predicted molar refractivity (Wildman–Crippen MR) is 42.3 cm³/mol. The Morgan fingerprint density at radius 3 is 2.70 bits per heavy atom. The fourth-order valence-corrected chi connectivity index (χ4v) is 1.05. The molecule has 0 spiro atoms. The Hall–Kier alpha value is -0.0500. The largest absolute Gasteiger partial charge is 0.379 e. The minimum atomic E-state index is 0.857. The van der Waals surface area contributed by atoms with E-state index >= 15 is 0 Å². The minimum Gasteiger partial charge on any atom is -0.379 e. The maximum absolute atomic E-state index is 5.38. The van der Waals surface area contributed by atoms with Crippen molar-refractivity contribution >= 4 is 11.6 Å². The molecule has 1 rings (SSSR count). The van der Waals surface area contributed by atoms with Crippen LogP contribution in [0.1, 0.15) is 0 Å². The highest BCUT2D eigenvalue weighted by Gasteiger charge is 2.06. The summed E-state index contributed by atoms with van der Waals surface area (Å²) in [6, 6.07) is 0. The minimum absolute atomic E-state index is 0.857. The van der Waals surface area contributed by atoms with Crippen molar-refractivity contribution in [2.75, 3.05) is 32.8 Å². The molecule has 0 aromatic heterocycles. The van der Waals surface area contributed by atoms with E-state index in [1.165, 1.54) is 0 Å². The van der Waals surface area contributed by atoms with Crippen LogP contribution in [0.2, 0.25) is 0 Å². The van der Waals surface area contributed by atoms with Crippen molar-refractivity contribution in [2.45, 2.75) is 0 Å². The Balaban J connectivity index is 2.13. The van der Waals surface area contributed by atoms with E-state index in [-0.39, 0.29) is 0 Å². The van der Waals surface area contributed by atoms with Crippen LogP contribution >= 0.6 is 11.6 Å². The molecule has 0 N–H and O–H groups in total. The van der Waals surface area contributed by atoms with Gasteiger partial charge in [-0.15, -0.1) is 0 Å². The molecule has 0 bridgehead atoms. The summed E-state index contributed by atoms with van der Waals surface area (Å²) >= 11 is 5.38. The highest BCUT2D eigenvalue weighted by Crippen LogP contribution is 1.96. The van der Waals surface area contributed by atoms with E-state index in [2.05, 4.69) is 4.90 Å². The number of halogens is 1. The standard InChI is InChI=1S/C7H12ClNO/c8-2-1-3-9-4-6-10-7-5-9/h1-2H,3-7H2. The van der Waals surface area contributed by atoms with Gasteiger partial charge in [-0.25, -0.2) is 0 Å². The summed E-state index contributed by atoms with van der Waals surface area (Å²) in [6.07, 6.45) is 1.95. The van der Waals surface area contributed by atoms with Crippen molar-refractivity contribution in [1.82, 2.24) is 4.90 Å². The van der Waals surface area contributed by atoms with Gasteiger partial charge in [0.1, 0.15) is 0 Å². The highest BCUT2D eigenvalue weighted by molar-refractivity contribution is 6.25. The molecule has 0 aliphatic carbocycles. The summed E-state index contributed by atoms with van der Waals surface area (Å²) in [5.41, 5.74) is 1.56. The summed E-state index contributed by atoms with van der Waals surface area (Å²) in [5.74, 6) is 0. The number of ether oxygens (including phenoxy) is 1. The van der Waals surface area contributed by atoms with Gasteiger partial charge in [0, 0.05) is 25.2 Å². The molecule has 1 aliphatic heterocycles. The Labute approximate surface area is 66.4 Å². The van der Waals surface area contributed by atoms with Gasteiger partial charge in [-0.05, 0) is 0 Å². The van der Waals surface area contributed by atoms with E-state index in [4.69, 9.17) is 16.3 Å². The van der Waals surface area contributed by atoms with Crippen LogP contribution in [0.4, 0.5) is 0 Å². The summed E-state index contributed by atoms with van der Waals surface area (Å²) in [5, 5.41) is 0. The molecule has 1 aliphatic rings. The molecule has 0 radical (unpaired) electrons. The molecule has 0 amide bonds. The zero-order valence-corrected chi connectivity index (χ0v) is 6.68. The first-order chi connectivity index (χ1) is 4.93. The topological polar surface area (TPSA) is 12.5 Å². The SMILES string of the molecule is ClC=CCN1CCOCC1. The van der Waals surface area contributed by atoms with Crippen LogP contribution < -0.4 is 0 Å². The average molecular weight is 162 g/mol. The molecule has 10 heavy (non-hydrogen) atoms. The zero-order valence-electron chi connectivity index (χ0n) is 5.92. The van der Waals surface area contributed by atoms with E-state index in [1.807, 2.05) is 6.08 Å². The first-order valence-corrected chi connectivity index (χ1v) is 3.92. The lowest BCUT2D eigenvalue weighted by atomic mass is 10.4. The second kappa shape index (κ2) is 4.72. The van der Waals surface area contributed by atoms with Crippen molar-refractivity contribution < 1.29 is 4.74 Å². The Kier molecular flexibility index (Phi) is 3.80. The molecular formula is C7H12ClNO. The normalized spacial score (nSPS) is 22.1. The van der Waals surface area contributed by atoms with Crippen molar-refractivity contribution in [1.29, 1.82) is 0 Å². The van der Waals surface area contributed by atoms with Gasteiger partial charge in [0.2, 0.25) is 0 Å². The van der Waals surface area contributed by atoms with Crippen molar-refractivity contribution in [3.63, 3.8) is 0 Å². The lowest BCUT2D eigenvalue weighted by Gasteiger charge is -2.24. The molecule has 0 saturated carbocycles. The van der Waals surface area contributed by atoms with Gasteiger partial charge in [-0.1, -0.05) is 17.7 Å².